The van der Waals surface area contributed by atoms with Crippen LogP contribution in [-0.4, -0.2) is 0 Å². The zero-order valence-electron chi connectivity index (χ0n) is 27.4. The van der Waals surface area contributed by atoms with Crippen molar-refractivity contribution < 1.29 is 0 Å². The number of hydrogen-bond donors (Lipinski definition) is 0. The van der Waals surface area contributed by atoms with Gasteiger partial charge in [-0.3, -0.25) is 0 Å². The van der Waals surface area contributed by atoms with Gasteiger partial charge in [0.15, 0.2) is 0 Å². The molecule has 1 heteroatoms. The number of rotatable bonds is 5. The van der Waals surface area contributed by atoms with Gasteiger partial charge in [-0.05, 0) is 85.5 Å². The normalized spacial score (nSPS) is 13.0. The lowest BCUT2D eigenvalue weighted by Crippen LogP contribution is -2.28. The van der Waals surface area contributed by atoms with Crippen LogP contribution in [0, 0.1) is 0 Å². The highest BCUT2D eigenvalue weighted by molar-refractivity contribution is 7.26. The fourth-order valence-electron chi connectivity index (χ4n) is 8.31. The second kappa shape index (κ2) is 11.6. The van der Waals surface area contributed by atoms with Crippen molar-refractivity contribution in [1.82, 2.24) is 0 Å². The van der Waals surface area contributed by atoms with Crippen LogP contribution in [0.25, 0.3) is 64.7 Å². The largest absolute Gasteiger partial charge is 0.135 e. The van der Waals surface area contributed by atoms with Crippen LogP contribution in [0.15, 0.2) is 194 Å². The number of hydrogen-bond acceptors (Lipinski definition) is 1. The Labute approximate surface area is 296 Å². The first kappa shape index (κ1) is 28.9. The highest BCUT2D eigenvalue weighted by Crippen LogP contribution is 2.56. The van der Waals surface area contributed by atoms with Crippen LogP contribution in [0.1, 0.15) is 22.3 Å². The lowest BCUT2D eigenvalue weighted by Gasteiger charge is -2.34. The van der Waals surface area contributed by atoms with Gasteiger partial charge < -0.3 is 0 Å². The van der Waals surface area contributed by atoms with Gasteiger partial charge in [-0.25, -0.2) is 0 Å². The van der Waals surface area contributed by atoms with E-state index in [0.717, 1.165) is 0 Å². The summed E-state index contributed by atoms with van der Waals surface area (Å²) in [6.45, 7) is 0. The molecule has 0 radical (unpaired) electrons. The smallest absolute Gasteiger partial charge is 0.0713 e. The quantitative estimate of drug-likeness (QED) is 0.174. The van der Waals surface area contributed by atoms with E-state index < -0.39 is 5.41 Å². The molecule has 1 aliphatic carbocycles. The number of fused-ring (bicyclic) bond motifs is 6. The minimum absolute atomic E-state index is 0.403. The Bertz CT molecular complexity index is 2620. The molecule has 0 unspecified atom stereocenters. The highest BCUT2D eigenvalue weighted by Gasteiger charge is 2.45. The molecule has 0 amide bonds. The van der Waals surface area contributed by atoms with E-state index in [0.29, 0.717) is 0 Å². The molecule has 0 spiro atoms. The third kappa shape index (κ3) is 4.37. The topological polar surface area (TPSA) is 0 Å². The zero-order valence-corrected chi connectivity index (χ0v) is 28.2. The molecule has 0 saturated heterocycles. The van der Waals surface area contributed by atoms with Crippen molar-refractivity contribution in [3.8, 4) is 44.5 Å². The maximum absolute atomic E-state index is 2.40. The van der Waals surface area contributed by atoms with Crippen molar-refractivity contribution in [3.63, 3.8) is 0 Å². The summed E-state index contributed by atoms with van der Waals surface area (Å²) < 4.78 is 2.64. The summed E-state index contributed by atoms with van der Waals surface area (Å²) in [5, 5.41) is 2.62. The SMILES string of the molecule is c1ccc(-c2ccc3sc4c(-c5ccc(C6(c7ccccc7)c7ccccc7-c7ccccc76)cc5)cc(-c5ccccc5)cc4c3c2)cc1. The van der Waals surface area contributed by atoms with Gasteiger partial charge >= 0.3 is 0 Å². The van der Waals surface area contributed by atoms with Crippen LogP contribution in [0.2, 0.25) is 0 Å². The number of benzene rings is 8. The molecule has 8 aromatic carbocycles. The Hall–Kier alpha value is -6.02. The van der Waals surface area contributed by atoms with Gasteiger partial charge in [-0.1, -0.05) is 170 Å². The van der Waals surface area contributed by atoms with Crippen molar-refractivity contribution in [3.05, 3.63) is 216 Å². The minimum Gasteiger partial charge on any atom is -0.135 e. The summed E-state index contributed by atoms with van der Waals surface area (Å²) in [5.74, 6) is 0. The van der Waals surface area contributed by atoms with Crippen LogP contribution >= 0.6 is 11.3 Å². The molecule has 0 aliphatic heterocycles. The average molecular weight is 653 g/mol. The van der Waals surface area contributed by atoms with Crippen molar-refractivity contribution >= 4 is 31.5 Å². The Morgan fingerprint density at radius 2 is 0.820 bits per heavy atom. The van der Waals surface area contributed by atoms with Crippen LogP contribution < -0.4 is 0 Å². The molecule has 1 heterocycles. The molecule has 0 fully saturated rings. The van der Waals surface area contributed by atoms with Gasteiger partial charge in [0.1, 0.15) is 0 Å². The van der Waals surface area contributed by atoms with Crippen LogP contribution in [0.4, 0.5) is 0 Å². The summed E-state index contributed by atoms with van der Waals surface area (Å²) in [7, 11) is 0. The van der Waals surface area contributed by atoms with E-state index in [2.05, 4.69) is 194 Å². The van der Waals surface area contributed by atoms with Gasteiger partial charge in [0.2, 0.25) is 0 Å². The van der Waals surface area contributed by atoms with E-state index in [-0.39, 0.29) is 0 Å². The molecule has 50 heavy (non-hydrogen) atoms. The predicted molar refractivity (Wildman–Crippen MR) is 213 cm³/mol. The fourth-order valence-corrected chi connectivity index (χ4v) is 9.51. The molecule has 10 rings (SSSR count). The first-order chi connectivity index (χ1) is 24.8. The van der Waals surface area contributed by atoms with Crippen molar-refractivity contribution in [2.75, 3.05) is 0 Å². The Kier molecular flexibility index (Phi) is 6.69. The fraction of sp³-hybridized carbons (Fsp3) is 0.0204. The van der Waals surface area contributed by atoms with Gasteiger partial charge in [0.05, 0.1) is 5.41 Å². The maximum atomic E-state index is 2.40. The molecular formula is C49H32S. The summed E-state index contributed by atoms with van der Waals surface area (Å²) >= 11 is 1.90. The van der Waals surface area contributed by atoms with Crippen LogP contribution in [0.5, 0.6) is 0 Å². The van der Waals surface area contributed by atoms with Crippen LogP contribution in [0.3, 0.4) is 0 Å². The van der Waals surface area contributed by atoms with E-state index in [1.165, 1.54) is 86.9 Å². The van der Waals surface area contributed by atoms with Gasteiger partial charge in [-0.15, -0.1) is 11.3 Å². The third-order valence-electron chi connectivity index (χ3n) is 10.6. The molecule has 234 valence electrons. The van der Waals surface area contributed by atoms with Gasteiger partial charge in [0.25, 0.3) is 0 Å². The molecule has 0 atom stereocenters. The Morgan fingerprint density at radius 3 is 1.46 bits per heavy atom. The second-order valence-corrected chi connectivity index (χ2v) is 14.3. The van der Waals surface area contributed by atoms with Crippen molar-refractivity contribution in [2.24, 2.45) is 0 Å². The third-order valence-corrected chi connectivity index (χ3v) is 11.8. The lowest BCUT2D eigenvalue weighted by atomic mass is 9.67. The molecular weight excluding hydrogens is 621 g/mol. The van der Waals surface area contributed by atoms with E-state index in [4.69, 9.17) is 0 Å². The average Bonchev–Trinajstić information content (AvgIpc) is 3.72. The molecule has 0 nitrogen and oxygen atoms in total. The lowest BCUT2D eigenvalue weighted by molar-refractivity contribution is 0.768. The van der Waals surface area contributed by atoms with E-state index in [1.54, 1.807) is 0 Å². The Morgan fingerprint density at radius 1 is 0.320 bits per heavy atom. The minimum atomic E-state index is -0.403. The monoisotopic (exact) mass is 652 g/mol. The first-order valence-corrected chi connectivity index (χ1v) is 18.1. The van der Waals surface area contributed by atoms with E-state index >= 15 is 0 Å². The van der Waals surface area contributed by atoms with E-state index in [1.807, 2.05) is 11.3 Å². The Balaban J connectivity index is 1.19. The highest BCUT2D eigenvalue weighted by atomic mass is 32.1. The molecule has 0 saturated carbocycles. The predicted octanol–water partition coefficient (Wildman–Crippen LogP) is 13.4. The van der Waals surface area contributed by atoms with E-state index in [9.17, 15) is 0 Å². The summed E-state index contributed by atoms with van der Waals surface area (Å²) in [6.07, 6.45) is 0. The number of thiophene rings is 1. The molecule has 0 N–H and O–H groups in total. The van der Waals surface area contributed by atoms with Gasteiger partial charge in [-0.2, -0.15) is 0 Å². The second-order valence-electron chi connectivity index (χ2n) is 13.2. The van der Waals surface area contributed by atoms with Crippen molar-refractivity contribution in [1.29, 1.82) is 0 Å². The molecule has 1 aromatic heterocycles. The molecule has 0 bridgehead atoms. The standard InChI is InChI=1S/C49H32S/c1-4-14-33(15-5-1)36-26-29-47-43(30-36)44-32-37(34-16-6-2-7-17-34)31-42(48(44)50-47)35-24-27-39(28-25-35)49(38-18-8-3-9-19-38)45-22-12-10-20-40(45)41-21-11-13-23-46(41)49/h1-32H. The summed E-state index contributed by atoms with van der Waals surface area (Å²) in [5.41, 5.74) is 14.9. The first-order valence-electron chi connectivity index (χ1n) is 17.3. The molecule has 9 aromatic rings. The summed E-state index contributed by atoms with van der Waals surface area (Å²) in [6, 6.07) is 71.7. The van der Waals surface area contributed by atoms with Crippen molar-refractivity contribution in [2.45, 2.75) is 5.41 Å². The van der Waals surface area contributed by atoms with Crippen LogP contribution in [-0.2, 0) is 5.41 Å². The molecule has 1 aliphatic rings. The van der Waals surface area contributed by atoms with Gasteiger partial charge in [0, 0.05) is 25.7 Å². The maximum Gasteiger partial charge on any atom is 0.0713 e. The zero-order chi connectivity index (χ0) is 33.1. The summed E-state index contributed by atoms with van der Waals surface area (Å²) in [4.78, 5) is 0.